The predicted molar refractivity (Wildman–Crippen MR) is 91.7 cm³/mol. The average Bonchev–Trinajstić information content (AvgIpc) is 3.25. The number of hydrogen-bond acceptors (Lipinski definition) is 5. The van der Waals surface area contributed by atoms with Crippen LogP contribution in [-0.4, -0.2) is 68.9 Å². The third-order valence-electron chi connectivity index (χ3n) is 4.31. The van der Waals surface area contributed by atoms with Gasteiger partial charge in [0, 0.05) is 31.5 Å². The van der Waals surface area contributed by atoms with E-state index in [2.05, 4.69) is 20.6 Å². The van der Waals surface area contributed by atoms with Gasteiger partial charge in [-0.05, 0) is 18.2 Å². The first kappa shape index (κ1) is 17.2. The zero-order valence-electron chi connectivity index (χ0n) is 14.3. The molecular formula is C17H17FN6O3. The zero-order valence-corrected chi connectivity index (χ0v) is 14.3. The molecule has 0 saturated carbocycles. The molecule has 0 spiro atoms. The van der Waals surface area contributed by atoms with Gasteiger partial charge in [-0.25, -0.2) is 4.52 Å². The molecule has 27 heavy (non-hydrogen) atoms. The largest absolute Gasteiger partial charge is 0.377 e. The van der Waals surface area contributed by atoms with Crippen LogP contribution in [0.3, 0.4) is 0 Å². The number of ether oxygens (including phenoxy) is 1. The predicted octanol–water partition coefficient (Wildman–Crippen LogP) is 0.467. The van der Waals surface area contributed by atoms with Crippen LogP contribution < -0.4 is 5.32 Å². The van der Waals surface area contributed by atoms with E-state index in [4.69, 9.17) is 4.74 Å². The highest BCUT2D eigenvalue weighted by molar-refractivity contribution is 5.95. The fourth-order valence-electron chi connectivity index (χ4n) is 2.98. The van der Waals surface area contributed by atoms with Crippen LogP contribution in [0, 0.1) is 5.95 Å². The highest BCUT2D eigenvalue weighted by Crippen LogP contribution is 2.11. The Bertz CT molecular complexity index is 984. The second-order valence-corrected chi connectivity index (χ2v) is 6.22. The summed E-state index contributed by atoms with van der Waals surface area (Å²) in [5, 5.41) is 12.5. The fourth-order valence-corrected chi connectivity index (χ4v) is 2.98. The number of carbonyl (C=O) groups excluding carboxylic acids is 2. The van der Waals surface area contributed by atoms with Gasteiger partial charge in [-0.3, -0.25) is 14.7 Å². The second kappa shape index (κ2) is 7.16. The molecule has 0 radical (unpaired) electrons. The quantitative estimate of drug-likeness (QED) is 0.695. The molecular weight excluding hydrogens is 355 g/mol. The number of aromatic amines is 1. The van der Waals surface area contributed by atoms with E-state index in [-0.39, 0.29) is 24.8 Å². The summed E-state index contributed by atoms with van der Waals surface area (Å²) in [7, 11) is 0. The number of carbonyl (C=O) groups is 2. The van der Waals surface area contributed by atoms with Crippen molar-refractivity contribution in [2.24, 2.45) is 0 Å². The molecule has 2 amide bonds. The summed E-state index contributed by atoms with van der Waals surface area (Å²) in [6.45, 7) is 1.29. The summed E-state index contributed by atoms with van der Waals surface area (Å²) in [6, 6.07) is 5.98. The van der Waals surface area contributed by atoms with Crippen LogP contribution in [-0.2, 0) is 4.74 Å². The summed E-state index contributed by atoms with van der Waals surface area (Å²) >= 11 is 0. The van der Waals surface area contributed by atoms with Crippen molar-refractivity contribution in [1.82, 2.24) is 30.0 Å². The smallest absolute Gasteiger partial charge is 0.272 e. The van der Waals surface area contributed by atoms with E-state index in [1.165, 1.54) is 0 Å². The number of hydrogen-bond donors (Lipinski definition) is 2. The zero-order chi connectivity index (χ0) is 18.8. The standard InChI is InChI=1S/C17H17FN6O3/c18-15-7-14(21-22-15)16(25)20-12-9-23(5-6-27-10-12)17(26)11-1-2-13-3-4-19-24(13)8-11/h1-4,7-8,12H,5-6,9-10H2,(H,20,25)(H,21,22). The van der Waals surface area contributed by atoms with Gasteiger partial charge < -0.3 is 15.0 Å². The minimum absolute atomic E-state index is 0.0567. The molecule has 1 aliphatic heterocycles. The third-order valence-corrected chi connectivity index (χ3v) is 4.31. The normalized spacial score (nSPS) is 17.7. The molecule has 3 aromatic heterocycles. The number of H-pyrrole nitrogens is 1. The SMILES string of the molecule is O=C(NC1COCCN(C(=O)c2ccc3ccnn3c2)C1)c1cc(F)[nH]n1. The lowest BCUT2D eigenvalue weighted by Gasteiger charge is -2.24. The van der Waals surface area contributed by atoms with E-state index in [0.29, 0.717) is 18.7 Å². The van der Waals surface area contributed by atoms with E-state index < -0.39 is 17.9 Å². The topological polar surface area (TPSA) is 105 Å². The molecule has 0 bridgehead atoms. The first-order valence-electron chi connectivity index (χ1n) is 8.42. The first-order valence-corrected chi connectivity index (χ1v) is 8.42. The lowest BCUT2D eigenvalue weighted by atomic mass is 10.2. The molecule has 140 valence electrons. The van der Waals surface area contributed by atoms with Gasteiger partial charge in [0.2, 0.25) is 5.95 Å². The van der Waals surface area contributed by atoms with Crippen LogP contribution in [0.5, 0.6) is 0 Å². The van der Waals surface area contributed by atoms with Crippen LogP contribution in [0.25, 0.3) is 5.52 Å². The van der Waals surface area contributed by atoms with Crippen molar-refractivity contribution in [2.75, 3.05) is 26.3 Å². The second-order valence-electron chi connectivity index (χ2n) is 6.22. The highest BCUT2D eigenvalue weighted by atomic mass is 19.1. The number of fused-ring (bicyclic) bond motifs is 1. The summed E-state index contributed by atoms with van der Waals surface area (Å²) in [6.07, 6.45) is 3.33. The molecule has 0 aliphatic carbocycles. The molecule has 10 heteroatoms. The van der Waals surface area contributed by atoms with Gasteiger partial charge in [0.1, 0.15) is 0 Å². The summed E-state index contributed by atoms with van der Waals surface area (Å²) in [5.74, 6) is -1.40. The summed E-state index contributed by atoms with van der Waals surface area (Å²) in [4.78, 5) is 26.7. The summed E-state index contributed by atoms with van der Waals surface area (Å²) in [5.41, 5.74) is 1.33. The van der Waals surface area contributed by atoms with Gasteiger partial charge in [-0.15, -0.1) is 0 Å². The lowest BCUT2D eigenvalue weighted by molar-refractivity contribution is 0.0734. The maximum absolute atomic E-state index is 13.0. The van der Waals surface area contributed by atoms with Crippen molar-refractivity contribution in [2.45, 2.75) is 6.04 Å². The third kappa shape index (κ3) is 3.65. The molecule has 9 nitrogen and oxygen atoms in total. The maximum Gasteiger partial charge on any atom is 0.272 e. The number of aromatic nitrogens is 4. The Morgan fingerprint density at radius 2 is 2.22 bits per heavy atom. The molecule has 1 unspecified atom stereocenters. The molecule has 4 rings (SSSR count). The fraction of sp³-hybridized carbons (Fsp3) is 0.294. The molecule has 4 heterocycles. The van der Waals surface area contributed by atoms with Crippen molar-refractivity contribution in [3.8, 4) is 0 Å². The number of rotatable bonds is 3. The lowest BCUT2D eigenvalue weighted by Crippen LogP contribution is -2.46. The van der Waals surface area contributed by atoms with Gasteiger partial charge in [0.25, 0.3) is 11.8 Å². The Balaban J connectivity index is 1.47. The number of nitrogens with zero attached hydrogens (tertiary/aromatic N) is 4. The van der Waals surface area contributed by atoms with Crippen molar-refractivity contribution in [3.05, 3.63) is 53.9 Å². The van der Waals surface area contributed by atoms with Crippen molar-refractivity contribution < 1.29 is 18.7 Å². The maximum atomic E-state index is 13.0. The van der Waals surface area contributed by atoms with Crippen LogP contribution in [0.4, 0.5) is 4.39 Å². The molecule has 1 aliphatic rings. The molecule has 1 fully saturated rings. The minimum atomic E-state index is -0.692. The van der Waals surface area contributed by atoms with Crippen molar-refractivity contribution in [1.29, 1.82) is 0 Å². The van der Waals surface area contributed by atoms with E-state index in [0.717, 1.165) is 11.6 Å². The van der Waals surface area contributed by atoms with E-state index in [1.807, 2.05) is 12.1 Å². The highest BCUT2D eigenvalue weighted by Gasteiger charge is 2.25. The molecule has 2 N–H and O–H groups in total. The Kier molecular flexibility index (Phi) is 4.55. The van der Waals surface area contributed by atoms with Crippen LogP contribution in [0.15, 0.2) is 36.7 Å². The van der Waals surface area contributed by atoms with Gasteiger partial charge in [-0.1, -0.05) is 0 Å². The monoisotopic (exact) mass is 372 g/mol. The van der Waals surface area contributed by atoms with Gasteiger partial charge >= 0.3 is 0 Å². The van der Waals surface area contributed by atoms with Gasteiger partial charge in [0.05, 0.1) is 30.3 Å². The number of nitrogens with one attached hydrogen (secondary N) is 2. The van der Waals surface area contributed by atoms with Gasteiger partial charge in [0.15, 0.2) is 5.69 Å². The molecule has 1 saturated heterocycles. The van der Waals surface area contributed by atoms with E-state index in [1.54, 1.807) is 27.9 Å². The van der Waals surface area contributed by atoms with Crippen molar-refractivity contribution >= 4 is 17.3 Å². The van der Waals surface area contributed by atoms with E-state index >= 15 is 0 Å². The average molecular weight is 372 g/mol. The van der Waals surface area contributed by atoms with Crippen LogP contribution in [0.2, 0.25) is 0 Å². The van der Waals surface area contributed by atoms with Crippen molar-refractivity contribution in [3.63, 3.8) is 0 Å². The van der Waals surface area contributed by atoms with E-state index in [9.17, 15) is 14.0 Å². The Labute approximate surface area is 153 Å². The Morgan fingerprint density at radius 1 is 1.33 bits per heavy atom. The number of pyridine rings is 1. The Morgan fingerprint density at radius 3 is 3.04 bits per heavy atom. The number of halogens is 1. The van der Waals surface area contributed by atoms with Crippen LogP contribution >= 0.6 is 0 Å². The van der Waals surface area contributed by atoms with Crippen LogP contribution in [0.1, 0.15) is 20.8 Å². The summed E-state index contributed by atoms with van der Waals surface area (Å²) < 4.78 is 20.1. The Hall–Kier alpha value is -3.27. The first-order chi connectivity index (χ1) is 13.1. The van der Waals surface area contributed by atoms with Gasteiger partial charge in [-0.2, -0.15) is 14.6 Å². The molecule has 3 aromatic rings. The minimum Gasteiger partial charge on any atom is -0.377 e. The molecule has 0 aromatic carbocycles. The number of amides is 2. The molecule has 1 atom stereocenters.